The molecule has 0 aliphatic heterocycles. The Morgan fingerprint density at radius 3 is 2.68 bits per heavy atom. The monoisotopic (exact) mass is 251 g/mol. The van der Waals surface area contributed by atoms with E-state index in [-0.39, 0.29) is 0 Å². The van der Waals surface area contributed by atoms with Crippen LogP contribution in [0.3, 0.4) is 0 Å². The fourth-order valence-electron chi connectivity index (χ4n) is 2.26. The van der Waals surface area contributed by atoms with E-state index in [0.717, 1.165) is 16.6 Å². The van der Waals surface area contributed by atoms with E-state index in [2.05, 4.69) is 54.3 Å². The van der Waals surface area contributed by atoms with Crippen molar-refractivity contribution < 1.29 is 0 Å². The van der Waals surface area contributed by atoms with Crippen LogP contribution in [0.5, 0.6) is 0 Å². The molecule has 1 aromatic carbocycles. The van der Waals surface area contributed by atoms with Crippen molar-refractivity contribution in [1.82, 2.24) is 14.8 Å². The van der Waals surface area contributed by atoms with Crippen molar-refractivity contribution in [1.29, 1.82) is 0 Å². The normalized spacial score (nSPS) is 11.4. The van der Waals surface area contributed by atoms with Crippen LogP contribution >= 0.6 is 0 Å². The lowest BCUT2D eigenvalue weighted by Crippen LogP contribution is -1.91. The summed E-state index contributed by atoms with van der Waals surface area (Å²) < 4.78 is 1.86. The zero-order chi connectivity index (χ0) is 13.4. The van der Waals surface area contributed by atoms with Crippen LogP contribution in [0.1, 0.15) is 25.3 Å². The maximum atomic E-state index is 4.47. The zero-order valence-corrected chi connectivity index (χ0v) is 11.5. The van der Waals surface area contributed by atoms with E-state index in [1.54, 1.807) is 6.20 Å². The van der Waals surface area contributed by atoms with Crippen molar-refractivity contribution in [3.8, 4) is 11.1 Å². The van der Waals surface area contributed by atoms with Crippen LogP contribution in [0.25, 0.3) is 22.2 Å². The minimum atomic E-state index is 0.536. The molecule has 0 aliphatic rings. The molecule has 2 heterocycles. The second-order valence-electron chi connectivity index (χ2n) is 5.18. The van der Waals surface area contributed by atoms with E-state index in [0.29, 0.717) is 5.92 Å². The van der Waals surface area contributed by atoms with Crippen LogP contribution in [-0.4, -0.2) is 14.8 Å². The number of pyridine rings is 1. The second kappa shape index (κ2) is 4.50. The summed E-state index contributed by atoms with van der Waals surface area (Å²) >= 11 is 0. The molecule has 3 heteroatoms. The van der Waals surface area contributed by atoms with Gasteiger partial charge in [0, 0.05) is 18.8 Å². The van der Waals surface area contributed by atoms with Crippen molar-refractivity contribution >= 4 is 11.0 Å². The Hall–Kier alpha value is -2.16. The summed E-state index contributed by atoms with van der Waals surface area (Å²) in [6.45, 7) is 4.42. The molecule has 19 heavy (non-hydrogen) atoms. The van der Waals surface area contributed by atoms with Gasteiger partial charge < -0.3 is 0 Å². The SMILES string of the molecule is CC(C)c1cccc(-c2cnc3cnn(C)c3c2)c1. The first-order valence-electron chi connectivity index (χ1n) is 6.53. The highest BCUT2D eigenvalue weighted by atomic mass is 15.3. The van der Waals surface area contributed by atoms with Crippen LogP contribution in [0.4, 0.5) is 0 Å². The standard InChI is InChI=1S/C16H17N3/c1-11(2)12-5-4-6-13(7-12)14-8-16-15(17-9-14)10-18-19(16)3/h4-11H,1-3H3. The first-order valence-corrected chi connectivity index (χ1v) is 6.53. The quantitative estimate of drug-likeness (QED) is 0.694. The van der Waals surface area contributed by atoms with E-state index in [9.17, 15) is 0 Å². The van der Waals surface area contributed by atoms with Gasteiger partial charge in [0.15, 0.2) is 0 Å². The molecule has 0 unspecified atom stereocenters. The van der Waals surface area contributed by atoms with Gasteiger partial charge in [-0.15, -0.1) is 0 Å². The van der Waals surface area contributed by atoms with Gasteiger partial charge in [-0.1, -0.05) is 38.1 Å². The third-order valence-corrected chi connectivity index (χ3v) is 3.49. The molecule has 0 bridgehead atoms. The average molecular weight is 251 g/mol. The lowest BCUT2D eigenvalue weighted by atomic mass is 9.98. The molecule has 0 N–H and O–H groups in total. The third kappa shape index (κ3) is 2.12. The molecule has 0 aliphatic carbocycles. The molecule has 0 radical (unpaired) electrons. The molecule has 3 nitrogen and oxygen atoms in total. The van der Waals surface area contributed by atoms with Crippen LogP contribution in [0.15, 0.2) is 42.7 Å². The summed E-state index contributed by atoms with van der Waals surface area (Å²) in [4.78, 5) is 4.47. The van der Waals surface area contributed by atoms with E-state index >= 15 is 0 Å². The first-order chi connectivity index (χ1) is 9.15. The predicted octanol–water partition coefficient (Wildman–Crippen LogP) is 3.76. The third-order valence-electron chi connectivity index (χ3n) is 3.49. The van der Waals surface area contributed by atoms with Gasteiger partial charge in [-0.2, -0.15) is 5.10 Å². The number of aryl methyl sites for hydroxylation is 1. The number of hydrogen-bond acceptors (Lipinski definition) is 2. The van der Waals surface area contributed by atoms with Gasteiger partial charge in [0.2, 0.25) is 0 Å². The zero-order valence-electron chi connectivity index (χ0n) is 11.5. The van der Waals surface area contributed by atoms with Crippen molar-refractivity contribution in [2.24, 2.45) is 7.05 Å². The lowest BCUT2D eigenvalue weighted by Gasteiger charge is -2.08. The molecule has 0 amide bonds. The molecular weight excluding hydrogens is 234 g/mol. The van der Waals surface area contributed by atoms with Crippen molar-refractivity contribution in [3.63, 3.8) is 0 Å². The Labute approximate surface area is 112 Å². The minimum absolute atomic E-state index is 0.536. The van der Waals surface area contributed by atoms with Crippen molar-refractivity contribution in [2.45, 2.75) is 19.8 Å². The maximum Gasteiger partial charge on any atom is 0.108 e. The Morgan fingerprint density at radius 1 is 1.05 bits per heavy atom. The number of fused-ring (bicyclic) bond motifs is 1. The number of rotatable bonds is 2. The molecule has 2 aromatic heterocycles. The molecular formula is C16H17N3. The summed E-state index contributed by atoms with van der Waals surface area (Å²) in [5.41, 5.74) is 5.70. The van der Waals surface area contributed by atoms with Gasteiger partial charge in [0.25, 0.3) is 0 Å². The molecule has 0 spiro atoms. The van der Waals surface area contributed by atoms with Gasteiger partial charge in [-0.25, -0.2) is 0 Å². The van der Waals surface area contributed by atoms with Gasteiger partial charge in [0.1, 0.15) is 5.52 Å². The second-order valence-corrected chi connectivity index (χ2v) is 5.18. The summed E-state index contributed by atoms with van der Waals surface area (Å²) in [7, 11) is 1.94. The fraction of sp³-hybridized carbons (Fsp3) is 0.250. The van der Waals surface area contributed by atoms with Gasteiger partial charge >= 0.3 is 0 Å². The summed E-state index contributed by atoms with van der Waals surface area (Å²) in [6, 6.07) is 10.8. The van der Waals surface area contributed by atoms with Crippen LogP contribution in [0.2, 0.25) is 0 Å². The Balaban J connectivity index is 2.13. The Bertz CT molecular complexity index is 726. The van der Waals surface area contributed by atoms with Gasteiger partial charge in [-0.05, 0) is 23.1 Å². The summed E-state index contributed by atoms with van der Waals surface area (Å²) in [5, 5.41) is 4.23. The predicted molar refractivity (Wildman–Crippen MR) is 78.0 cm³/mol. The van der Waals surface area contributed by atoms with E-state index in [4.69, 9.17) is 0 Å². The Kier molecular flexibility index (Phi) is 2.82. The fourth-order valence-corrected chi connectivity index (χ4v) is 2.26. The van der Waals surface area contributed by atoms with Crippen LogP contribution < -0.4 is 0 Å². The topological polar surface area (TPSA) is 30.7 Å². The molecule has 3 rings (SSSR count). The van der Waals surface area contributed by atoms with E-state index in [1.165, 1.54) is 11.1 Å². The van der Waals surface area contributed by atoms with Crippen LogP contribution in [0, 0.1) is 0 Å². The van der Waals surface area contributed by atoms with Crippen molar-refractivity contribution in [3.05, 3.63) is 48.3 Å². The highest BCUT2D eigenvalue weighted by Gasteiger charge is 2.06. The first kappa shape index (κ1) is 11.9. The number of nitrogens with zero attached hydrogens (tertiary/aromatic N) is 3. The summed E-state index contributed by atoms with van der Waals surface area (Å²) in [5.74, 6) is 0.536. The van der Waals surface area contributed by atoms with Gasteiger partial charge in [0.05, 0.1) is 11.7 Å². The molecule has 0 atom stereocenters. The molecule has 96 valence electrons. The highest BCUT2D eigenvalue weighted by Crippen LogP contribution is 2.25. The average Bonchev–Trinajstić information content (AvgIpc) is 2.80. The van der Waals surface area contributed by atoms with E-state index < -0.39 is 0 Å². The molecule has 0 saturated heterocycles. The van der Waals surface area contributed by atoms with Crippen LogP contribution in [-0.2, 0) is 7.05 Å². The van der Waals surface area contributed by atoms with Crippen molar-refractivity contribution in [2.75, 3.05) is 0 Å². The summed E-state index contributed by atoms with van der Waals surface area (Å²) in [6.07, 6.45) is 3.72. The minimum Gasteiger partial charge on any atom is -0.266 e. The lowest BCUT2D eigenvalue weighted by molar-refractivity contribution is 0.797. The Morgan fingerprint density at radius 2 is 1.89 bits per heavy atom. The highest BCUT2D eigenvalue weighted by molar-refractivity contribution is 5.80. The van der Waals surface area contributed by atoms with E-state index in [1.807, 2.05) is 17.9 Å². The number of hydrogen-bond donors (Lipinski definition) is 0. The molecule has 0 fully saturated rings. The number of benzene rings is 1. The molecule has 3 aromatic rings. The molecule has 0 saturated carbocycles. The smallest absolute Gasteiger partial charge is 0.108 e. The maximum absolute atomic E-state index is 4.47. The largest absolute Gasteiger partial charge is 0.266 e. The van der Waals surface area contributed by atoms with Gasteiger partial charge in [-0.3, -0.25) is 9.67 Å². The number of aromatic nitrogens is 3.